The van der Waals surface area contributed by atoms with E-state index in [1.807, 2.05) is 6.61 Å². The highest BCUT2D eigenvalue weighted by atomic mass is 16.5. The SMILES string of the molecule is CCCCCCCCCCCCCCCCCCCCC[CH]OCCCCC. The van der Waals surface area contributed by atoms with Crippen LogP contribution in [0.5, 0.6) is 0 Å². The van der Waals surface area contributed by atoms with E-state index in [0.29, 0.717) is 0 Å². The zero-order chi connectivity index (χ0) is 20.4. The van der Waals surface area contributed by atoms with Crippen LogP contribution in [0.2, 0.25) is 0 Å². The van der Waals surface area contributed by atoms with Crippen molar-refractivity contribution in [3.8, 4) is 0 Å². The van der Waals surface area contributed by atoms with Crippen LogP contribution in [0.4, 0.5) is 0 Å². The maximum atomic E-state index is 5.55. The van der Waals surface area contributed by atoms with E-state index in [4.69, 9.17) is 4.74 Å². The molecular weight excluding hydrogens is 340 g/mol. The van der Waals surface area contributed by atoms with Crippen molar-refractivity contribution in [1.82, 2.24) is 0 Å². The molecule has 0 heterocycles. The van der Waals surface area contributed by atoms with Crippen LogP contribution in [0.25, 0.3) is 0 Å². The number of rotatable bonds is 25. The van der Waals surface area contributed by atoms with E-state index < -0.39 is 0 Å². The molecule has 0 atom stereocenters. The van der Waals surface area contributed by atoms with E-state index in [1.54, 1.807) is 0 Å². The van der Waals surface area contributed by atoms with Crippen molar-refractivity contribution in [2.24, 2.45) is 0 Å². The van der Waals surface area contributed by atoms with Crippen molar-refractivity contribution in [1.29, 1.82) is 0 Å². The Morgan fingerprint density at radius 2 is 0.714 bits per heavy atom. The Bertz CT molecular complexity index is 225. The highest BCUT2D eigenvalue weighted by molar-refractivity contribution is 4.54. The minimum absolute atomic E-state index is 0.924. The number of hydrogen-bond donors (Lipinski definition) is 0. The number of unbranched alkanes of at least 4 members (excludes halogenated alkanes) is 21. The first-order valence-corrected chi connectivity index (χ1v) is 13.3. The second-order valence-electron chi connectivity index (χ2n) is 8.90. The minimum Gasteiger partial charge on any atom is -0.376 e. The van der Waals surface area contributed by atoms with Gasteiger partial charge in [-0.25, -0.2) is 0 Å². The highest BCUT2D eigenvalue weighted by Crippen LogP contribution is 2.15. The van der Waals surface area contributed by atoms with Crippen LogP contribution in [0.1, 0.15) is 162 Å². The van der Waals surface area contributed by atoms with Crippen molar-refractivity contribution in [2.45, 2.75) is 162 Å². The molecule has 0 aromatic rings. The molecule has 0 unspecified atom stereocenters. The summed E-state index contributed by atoms with van der Waals surface area (Å²) in [5.41, 5.74) is 0. The Kier molecular flexibility index (Phi) is 26.9. The van der Waals surface area contributed by atoms with E-state index >= 15 is 0 Å². The quantitative estimate of drug-likeness (QED) is 0.140. The Labute approximate surface area is 179 Å². The molecule has 169 valence electrons. The number of hydrogen-bond acceptors (Lipinski definition) is 1. The fraction of sp³-hybridized carbons (Fsp3) is 0.963. The van der Waals surface area contributed by atoms with E-state index in [2.05, 4.69) is 13.8 Å². The highest BCUT2D eigenvalue weighted by Gasteiger charge is 1.96. The van der Waals surface area contributed by atoms with Crippen molar-refractivity contribution >= 4 is 0 Å². The molecule has 0 bridgehead atoms. The topological polar surface area (TPSA) is 9.23 Å². The molecule has 1 nitrogen and oxygen atoms in total. The van der Waals surface area contributed by atoms with Crippen LogP contribution in [-0.4, -0.2) is 6.61 Å². The molecule has 0 aliphatic rings. The van der Waals surface area contributed by atoms with Crippen LogP contribution in [0.3, 0.4) is 0 Å². The molecule has 0 saturated carbocycles. The lowest BCUT2D eigenvalue weighted by Gasteiger charge is -2.04. The zero-order valence-electron chi connectivity index (χ0n) is 20.0. The van der Waals surface area contributed by atoms with Gasteiger partial charge in [0.05, 0.1) is 6.61 Å². The van der Waals surface area contributed by atoms with Crippen molar-refractivity contribution in [2.75, 3.05) is 6.61 Å². The fourth-order valence-corrected chi connectivity index (χ4v) is 3.91. The van der Waals surface area contributed by atoms with Gasteiger partial charge in [-0.1, -0.05) is 149 Å². The largest absolute Gasteiger partial charge is 0.376 e. The molecule has 0 saturated heterocycles. The van der Waals surface area contributed by atoms with Gasteiger partial charge < -0.3 is 4.74 Å². The second kappa shape index (κ2) is 27.0. The summed E-state index contributed by atoms with van der Waals surface area (Å²) in [4.78, 5) is 0. The lowest BCUT2D eigenvalue weighted by atomic mass is 10.0. The second-order valence-corrected chi connectivity index (χ2v) is 8.90. The summed E-state index contributed by atoms with van der Waals surface area (Å²) >= 11 is 0. The Balaban J connectivity index is 2.96. The van der Waals surface area contributed by atoms with Crippen LogP contribution in [-0.2, 0) is 4.74 Å². The Hall–Kier alpha value is -0.0400. The number of ether oxygens (including phenoxy) is 1. The van der Waals surface area contributed by atoms with Crippen molar-refractivity contribution in [3.05, 3.63) is 6.61 Å². The monoisotopic (exact) mass is 395 g/mol. The molecule has 0 spiro atoms. The summed E-state index contributed by atoms with van der Waals surface area (Å²) in [6.45, 7) is 7.51. The standard InChI is InChI=1S/C27H55O/c1-3-5-7-8-9-10-11-12-13-14-15-16-17-18-19-20-21-22-23-25-27-28-26-24-6-4-2/h27H,3-26H2,1-2H3. The molecule has 0 aromatic carbocycles. The molecule has 28 heavy (non-hydrogen) atoms. The van der Waals surface area contributed by atoms with E-state index in [9.17, 15) is 0 Å². The molecular formula is C27H55O. The summed E-state index contributed by atoms with van der Waals surface area (Å²) in [6.07, 6.45) is 32.4. The predicted octanol–water partition coefficient (Wildman–Crippen LogP) is 10.2. The first-order chi connectivity index (χ1) is 13.9. The summed E-state index contributed by atoms with van der Waals surface area (Å²) < 4.78 is 5.55. The minimum atomic E-state index is 0.924. The molecule has 0 rings (SSSR count). The molecule has 0 aliphatic heterocycles. The molecule has 0 aliphatic carbocycles. The third-order valence-corrected chi connectivity index (χ3v) is 5.91. The van der Waals surface area contributed by atoms with Gasteiger partial charge in [0, 0.05) is 6.61 Å². The van der Waals surface area contributed by atoms with Gasteiger partial charge in [-0.2, -0.15) is 0 Å². The summed E-state index contributed by atoms with van der Waals surface area (Å²) in [5, 5.41) is 0. The lowest BCUT2D eigenvalue weighted by Crippen LogP contribution is -1.92. The van der Waals surface area contributed by atoms with E-state index in [1.165, 1.54) is 141 Å². The summed E-state index contributed by atoms with van der Waals surface area (Å²) in [6, 6.07) is 0. The third kappa shape index (κ3) is 26.0. The fourth-order valence-electron chi connectivity index (χ4n) is 3.91. The average Bonchev–Trinajstić information content (AvgIpc) is 2.71. The maximum absolute atomic E-state index is 5.55. The Morgan fingerprint density at radius 1 is 0.393 bits per heavy atom. The van der Waals surface area contributed by atoms with Gasteiger partial charge in [-0.3, -0.25) is 0 Å². The molecule has 1 heteroatoms. The van der Waals surface area contributed by atoms with E-state index in [0.717, 1.165) is 13.0 Å². The van der Waals surface area contributed by atoms with Gasteiger partial charge in [0.25, 0.3) is 0 Å². The van der Waals surface area contributed by atoms with E-state index in [-0.39, 0.29) is 0 Å². The van der Waals surface area contributed by atoms with Gasteiger partial charge in [-0.15, -0.1) is 0 Å². The van der Waals surface area contributed by atoms with Crippen molar-refractivity contribution in [3.63, 3.8) is 0 Å². The van der Waals surface area contributed by atoms with Crippen LogP contribution in [0, 0.1) is 6.61 Å². The van der Waals surface area contributed by atoms with Crippen LogP contribution >= 0.6 is 0 Å². The van der Waals surface area contributed by atoms with Crippen LogP contribution < -0.4 is 0 Å². The molecule has 0 N–H and O–H groups in total. The average molecular weight is 396 g/mol. The summed E-state index contributed by atoms with van der Waals surface area (Å²) in [5.74, 6) is 0. The first-order valence-electron chi connectivity index (χ1n) is 13.3. The smallest absolute Gasteiger partial charge is 0.0836 e. The van der Waals surface area contributed by atoms with Crippen molar-refractivity contribution < 1.29 is 4.74 Å². The van der Waals surface area contributed by atoms with Gasteiger partial charge in [0.2, 0.25) is 0 Å². The van der Waals surface area contributed by atoms with Crippen LogP contribution in [0.15, 0.2) is 0 Å². The predicted molar refractivity (Wildman–Crippen MR) is 128 cm³/mol. The molecule has 0 aromatic heterocycles. The zero-order valence-corrected chi connectivity index (χ0v) is 20.0. The molecule has 1 radical (unpaired) electrons. The lowest BCUT2D eigenvalue weighted by molar-refractivity contribution is 0.184. The first kappa shape index (κ1) is 28.0. The van der Waals surface area contributed by atoms with Gasteiger partial charge >= 0.3 is 0 Å². The van der Waals surface area contributed by atoms with Gasteiger partial charge in [-0.05, 0) is 12.8 Å². The third-order valence-electron chi connectivity index (χ3n) is 5.91. The van der Waals surface area contributed by atoms with Gasteiger partial charge in [0.1, 0.15) is 0 Å². The normalized spacial score (nSPS) is 11.4. The molecule has 0 fully saturated rings. The molecule has 0 amide bonds. The maximum Gasteiger partial charge on any atom is 0.0836 e. The Morgan fingerprint density at radius 3 is 1.11 bits per heavy atom. The van der Waals surface area contributed by atoms with Gasteiger partial charge in [0.15, 0.2) is 0 Å². The summed E-state index contributed by atoms with van der Waals surface area (Å²) in [7, 11) is 0.